The minimum Gasteiger partial charge on any atom is -0.497 e. The normalized spacial score (nSPS) is 19.7. The fourth-order valence-corrected chi connectivity index (χ4v) is 6.28. The number of benzene rings is 2. The van der Waals surface area contributed by atoms with Crippen LogP contribution in [0.4, 0.5) is 10.1 Å². The summed E-state index contributed by atoms with van der Waals surface area (Å²) in [5, 5.41) is 0. The summed E-state index contributed by atoms with van der Waals surface area (Å²) in [7, 11) is -0.963. The Balaban J connectivity index is 1.43. The summed E-state index contributed by atoms with van der Waals surface area (Å²) in [6.45, 7) is 2.87. The minimum atomic E-state index is -3.86. The number of methoxy groups -OCH3 is 2. The molecule has 2 aromatic carbocycles. The van der Waals surface area contributed by atoms with Crippen LogP contribution in [0.2, 0.25) is 0 Å². The molecule has 2 saturated heterocycles. The van der Waals surface area contributed by atoms with E-state index in [1.54, 1.807) is 24.3 Å². The molecule has 2 aliphatic heterocycles. The second-order valence-electron chi connectivity index (χ2n) is 8.51. The van der Waals surface area contributed by atoms with E-state index in [0.29, 0.717) is 51.3 Å². The van der Waals surface area contributed by atoms with Crippen LogP contribution in [-0.2, 0) is 14.8 Å². The summed E-state index contributed by atoms with van der Waals surface area (Å²) >= 11 is 0. The van der Waals surface area contributed by atoms with Gasteiger partial charge < -0.3 is 19.3 Å². The molecule has 4 rings (SSSR count). The number of anilines is 1. The number of nitrogens with zero attached hydrogens (tertiary/aromatic N) is 3. The highest BCUT2D eigenvalue weighted by Gasteiger charge is 2.37. The third kappa shape index (κ3) is 4.97. The first kappa shape index (κ1) is 24.3. The van der Waals surface area contributed by atoms with Gasteiger partial charge in [-0.05, 0) is 49.2 Å². The number of piperazine rings is 1. The molecule has 1 amide bonds. The van der Waals surface area contributed by atoms with Crippen molar-refractivity contribution in [2.24, 2.45) is 5.92 Å². The zero-order valence-electron chi connectivity index (χ0n) is 19.4. The molecule has 0 radical (unpaired) electrons. The zero-order valence-corrected chi connectivity index (χ0v) is 20.3. The first-order chi connectivity index (χ1) is 16.3. The Bertz CT molecular complexity index is 1120. The summed E-state index contributed by atoms with van der Waals surface area (Å²) in [6.07, 6.45) is 1.26. The fourth-order valence-electron chi connectivity index (χ4n) is 4.58. The number of sulfonamides is 1. The largest absolute Gasteiger partial charge is 0.497 e. The van der Waals surface area contributed by atoms with Crippen molar-refractivity contribution in [3.05, 3.63) is 48.3 Å². The molecule has 0 aromatic heterocycles. The summed E-state index contributed by atoms with van der Waals surface area (Å²) in [6, 6.07) is 11.0. The highest BCUT2D eigenvalue weighted by molar-refractivity contribution is 7.89. The van der Waals surface area contributed by atoms with Crippen molar-refractivity contribution in [2.45, 2.75) is 17.7 Å². The van der Waals surface area contributed by atoms with Crippen molar-refractivity contribution in [1.29, 1.82) is 0 Å². The van der Waals surface area contributed by atoms with Crippen LogP contribution in [0.5, 0.6) is 11.5 Å². The Labute approximate surface area is 199 Å². The van der Waals surface area contributed by atoms with Crippen molar-refractivity contribution in [1.82, 2.24) is 9.21 Å². The lowest BCUT2D eigenvalue weighted by molar-refractivity contribution is -0.137. The van der Waals surface area contributed by atoms with Crippen LogP contribution in [0.1, 0.15) is 12.8 Å². The van der Waals surface area contributed by atoms with E-state index in [0.717, 1.165) is 5.69 Å². The topological polar surface area (TPSA) is 79.4 Å². The van der Waals surface area contributed by atoms with Crippen LogP contribution in [0.3, 0.4) is 0 Å². The number of amides is 1. The maximum absolute atomic E-state index is 13.4. The zero-order chi connectivity index (χ0) is 24.3. The number of carbonyl (C=O) groups is 1. The Morgan fingerprint density at radius 3 is 2.32 bits per heavy atom. The lowest BCUT2D eigenvalue weighted by Crippen LogP contribution is -2.53. The van der Waals surface area contributed by atoms with Crippen molar-refractivity contribution in [3.8, 4) is 11.5 Å². The molecule has 0 bridgehead atoms. The van der Waals surface area contributed by atoms with E-state index in [1.807, 2.05) is 4.90 Å². The van der Waals surface area contributed by atoms with Crippen molar-refractivity contribution < 1.29 is 27.1 Å². The van der Waals surface area contributed by atoms with Crippen LogP contribution < -0.4 is 14.4 Å². The fraction of sp³-hybridized carbons (Fsp3) is 0.458. The van der Waals surface area contributed by atoms with Gasteiger partial charge in [0.25, 0.3) is 0 Å². The van der Waals surface area contributed by atoms with E-state index in [1.165, 1.54) is 36.7 Å². The van der Waals surface area contributed by atoms with Crippen LogP contribution in [0.25, 0.3) is 0 Å². The number of halogens is 1. The third-order valence-corrected chi connectivity index (χ3v) is 8.39. The average Bonchev–Trinajstić information content (AvgIpc) is 2.88. The van der Waals surface area contributed by atoms with E-state index in [9.17, 15) is 17.6 Å². The second-order valence-corrected chi connectivity index (χ2v) is 10.4. The van der Waals surface area contributed by atoms with Gasteiger partial charge in [-0.2, -0.15) is 4.31 Å². The highest BCUT2D eigenvalue weighted by atomic mass is 32.2. The molecule has 0 saturated carbocycles. The minimum absolute atomic E-state index is 0.0173. The van der Waals surface area contributed by atoms with Gasteiger partial charge in [-0.15, -0.1) is 0 Å². The van der Waals surface area contributed by atoms with E-state index >= 15 is 0 Å². The van der Waals surface area contributed by atoms with Gasteiger partial charge in [-0.1, -0.05) is 0 Å². The first-order valence-electron chi connectivity index (χ1n) is 11.3. The van der Waals surface area contributed by atoms with E-state index < -0.39 is 15.9 Å². The number of ether oxygens (including phenoxy) is 2. The third-order valence-electron chi connectivity index (χ3n) is 6.51. The highest BCUT2D eigenvalue weighted by Crippen LogP contribution is 2.33. The molecule has 0 N–H and O–H groups in total. The lowest BCUT2D eigenvalue weighted by Gasteiger charge is -2.39. The summed E-state index contributed by atoms with van der Waals surface area (Å²) in [5.41, 5.74) is 0.927. The molecule has 8 nitrogen and oxygen atoms in total. The Hall–Kier alpha value is -2.85. The van der Waals surface area contributed by atoms with Gasteiger partial charge in [0.1, 0.15) is 22.2 Å². The molecule has 0 unspecified atom stereocenters. The molecule has 0 aliphatic carbocycles. The molecule has 34 heavy (non-hydrogen) atoms. The van der Waals surface area contributed by atoms with Crippen molar-refractivity contribution in [2.75, 3.05) is 58.4 Å². The number of piperidine rings is 1. The van der Waals surface area contributed by atoms with Crippen LogP contribution >= 0.6 is 0 Å². The predicted octanol–water partition coefficient (Wildman–Crippen LogP) is 2.59. The number of hydrogen-bond acceptors (Lipinski definition) is 6. The molecule has 10 heteroatoms. The molecule has 2 fully saturated rings. The molecule has 0 spiro atoms. The molecular formula is C24H30FN3O5S. The van der Waals surface area contributed by atoms with Crippen molar-refractivity contribution in [3.63, 3.8) is 0 Å². The first-order valence-corrected chi connectivity index (χ1v) is 12.8. The maximum Gasteiger partial charge on any atom is 0.246 e. The molecular weight excluding hydrogens is 461 g/mol. The van der Waals surface area contributed by atoms with Gasteiger partial charge in [-0.25, -0.2) is 12.8 Å². The van der Waals surface area contributed by atoms with Crippen LogP contribution in [-0.4, -0.2) is 77.0 Å². The van der Waals surface area contributed by atoms with E-state index in [2.05, 4.69) is 4.90 Å². The lowest BCUT2D eigenvalue weighted by atomic mass is 9.97. The maximum atomic E-state index is 13.4. The van der Waals surface area contributed by atoms with Gasteiger partial charge >= 0.3 is 0 Å². The smallest absolute Gasteiger partial charge is 0.246 e. The summed E-state index contributed by atoms with van der Waals surface area (Å²) in [4.78, 5) is 17.2. The molecule has 2 heterocycles. The number of carbonyl (C=O) groups excluding carboxylic acids is 1. The monoisotopic (exact) mass is 491 g/mol. The van der Waals surface area contributed by atoms with Crippen LogP contribution in [0, 0.1) is 11.7 Å². The summed E-state index contributed by atoms with van der Waals surface area (Å²) < 4.78 is 51.9. The standard InChI is InChI=1S/C24H30FN3O5S/c1-32-21-9-10-22(33-2)23(16-21)34(30,31)28-11-3-4-18(17-28)24(29)27-14-12-26(13-15-27)20-7-5-19(25)6-8-20/h5-10,16,18H,3-4,11-15,17H2,1-2H3/t18-/m0/s1. The van der Waals surface area contributed by atoms with Gasteiger partial charge in [-0.3, -0.25) is 4.79 Å². The number of rotatable bonds is 6. The number of hydrogen-bond donors (Lipinski definition) is 0. The summed E-state index contributed by atoms with van der Waals surface area (Å²) in [5.74, 6) is -0.0242. The quantitative estimate of drug-likeness (QED) is 0.618. The Morgan fingerprint density at radius 1 is 0.971 bits per heavy atom. The van der Waals surface area contributed by atoms with Gasteiger partial charge in [0.2, 0.25) is 15.9 Å². The van der Waals surface area contributed by atoms with Crippen LogP contribution in [0.15, 0.2) is 47.4 Å². The van der Waals surface area contributed by atoms with E-state index in [-0.39, 0.29) is 28.9 Å². The Morgan fingerprint density at radius 2 is 1.68 bits per heavy atom. The Kier molecular flexibility index (Phi) is 7.27. The predicted molar refractivity (Wildman–Crippen MR) is 126 cm³/mol. The van der Waals surface area contributed by atoms with Crippen molar-refractivity contribution >= 4 is 21.6 Å². The SMILES string of the molecule is COc1ccc(OC)c(S(=O)(=O)N2CCC[C@H](C(=O)N3CCN(c4ccc(F)cc4)CC3)C2)c1. The molecule has 2 aliphatic rings. The van der Waals surface area contributed by atoms with Gasteiger partial charge in [0, 0.05) is 51.0 Å². The molecule has 2 aromatic rings. The van der Waals surface area contributed by atoms with Gasteiger partial charge in [0.15, 0.2) is 0 Å². The average molecular weight is 492 g/mol. The van der Waals surface area contributed by atoms with Gasteiger partial charge in [0.05, 0.1) is 20.1 Å². The second kappa shape index (κ2) is 10.2. The molecule has 184 valence electrons. The molecule has 1 atom stereocenters. The van der Waals surface area contributed by atoms with E-state index in [4.69, 9.17) is 9.47 Å².